The lowest BCUT2D eigenvalue weighted by molar-refractivity contribution is 0.193. The van der Waals surface area contributed by atoms with Crippen molar-refractivity contribution in [3.8, 4) is 5.75 Å². The molecule has 2 N–H and O–H groups in total. The molecule has 15 heavy (non-hydrogen) atoms. The van der Waals surface area contributed by atoms with Crippen LogP contribution in [-0.2, 0) is 0 Å². The van der Waals surface area contributed by atoms with Gasteiger partial charge < -0.3 is 15.2 Å². The molecular formula is C11H14FNO2. The third-order valence-electron chi connectivity index (χ3n) is 2.67. The highest BCUT2D eigenvalue weighted by molar-refractivity contribution is 5.37. The number of halogens is 1. The van der Waals surface area contributed by atoms with Crippen LogP contribution in [0.3, 0.4) is 0 Å². The van der Waals surface area contributed by atoms with Crippen molar-refractivity contribution in [2.75, 3.05) is 13.7 Å². The number of hydrogen-bond acceptors (Lipinski definition) is 3. The molecular weight excluding hydrogens is 197 g/mol. The number of aliphatic hydroxyl groups excluding tert-OH is 1. The van der Waals surface area contributed by atoms with Gasteiger partial charge in [-0.1, -0.05) is 0 Å². The van der Waals surface area contributed by atoms with E-state index in [1.807, 2.05) is 0 Å². The van der Waals surface area contributed by atoms with Gasteiger partial charge in [0.1, 0.15) is 11.6 Å². The third kappa shape index (κ3) is 2.11. The van der Waals surface area contributed by atoms with E-state index in [9.17, 15) is 9.50 Å². The number of methoxy groups -OCH3 is 1. The van der Waals surface area contributed by atoms with Gasteiger partial charge in [0.25, 0.3) is 0 Å². The molecule has 82 valence electrons. The van der Waals surface area contributed by atoms with Gasteiger partial charge >= 0.3 is 0 Å². The van der Waals surface area contributed by atoms with Crippen molar-refractivity contribution in [2.45, 2.75) is 18.6 Å². The fourth-order valence-electron chi connectivity index (χ4n) is 1.93. The number of benzene rings is 1. The molecule has 0 spiro atoms. The lowest BCUT2D eigenvalue weighted by Crippen LogP contribution is -2.15. The van der Waals surface area contributed by atoms with Crippen LogP contribution in [0.2, 0.25) is 0 Å². The average Bonchev–Trinajstić information content (AvgIpc) is 2.65. The van der Waals surface area contributed by atoms with Crippen LogP contribution in [0.25, 0.3) is 0 Å². The minimum Gasteiger partial charge on any atom is -0.496 e. The summed E-state index contributed by atoms with van der Waals surface area (Å²) >= 11 is 0. The van der Waals surface area contributed by atoms with Crippen molar-refractivity contribution in [1.82, 2.24) is 5.32 Å². The van der Waals surface area contributed by atoms with Crippen molar-refractivity contribution in [3.05, 3.63) is 29.6 Å². The second-order valence-corrected chi connectivity index (χ2v) is 3.74. The number of nitrogens with one attached hydrogen (secondary N) is 1. The average molecular weight is 211 g/mol. The molecule has 1 aliphatic rings. The molecule has 2 rings (SSSR count). The molecule has 1 fully saturated rings. The van der Waals surface area contributed by atoms with E-state index >= 15 is 0 Å². The molecule has 0 amide bonds. The molecule has 0 bridgehead atoms. The summed E-state index contributed by atoms with van der Waals surface area (Å²) in [6, 6.07) is 4.41. The first-order chi connectivity index (χ1) is 7.20. The molecule has 0 aromatic heterocycles. The number of hydrogen-bond donors (Lipinski definition) is 2. The Morgan fingerprint density at radius 1 is 1.53 bits per heavy atom. The number of ether oxygens (including phenoxy) is 1. The van der Waals surface area contributed by atoms with Crippen LogP contribution >= 0.6 is 0 Å². The van der Waals surface area contributed by atoms with Crippen LogP contribution < -0.4 is 10.1 Å². The number of β-amino-alcohol motifs (C(OH)–C–C–N with tert-alkyl or cyclic N) is 1. The Kier molecular flexibility index (Phi) is 2.88. The first-order valence-electron chi connectivity index (χ1n) is 4.95. The summed E-state index contributed by atoms with van der Waals surface area (Å²) in [5.41, 5.74) is 0.772. The second kappa shape index (κ2) is 4.16. The fraction of sp³-hybridized carbons (Fsp3) is 0.455. The number of rotatable bonds is 2. The Labute approximate surface area is 87.9 Å². The van der Waals surface area contributed by atoms with Gasteiger partial charge in [-0.2, -0.15) is 0 Å². The van der Waals surface area contributed by atoms with Crippen molar-refractivity contribution in [3.63, 3.8) is 0 Å². The Morgan fingerprint density at radius 3 is 2.93 bits per heavy atom. The predicted molar refractivity (Wildman–Crippen MR) is 54.3 cm³/mol. The van der Waals surface area contributed by atoms with E-state index in [1.165, 1.54) is 12.1 Å². The summed E-state index contributed by atoms with van der Waals surface area (Å²) in [5.74, 6) is 0.372. The van der Waals surface area contributed by atoms with Crippen LogP contribution in [0.15, 0.2) is 18.2 Å². The highest BCUT2D eigenvalue weighted by Gasteiger charge is 2.26. The Bertz CT molecular complexity index is 356. The van der Waals surface area contributed by atoms with Crippen LogP contribution in [0, 0.1) is 5.82 Å². The highest BCUT2D eigenvalue weighted by atomic mass is 19.1. The molecule has 0 saturated carbocycles. The van der Waals surface area contributed by atoms with Gasteiger partial charge in [0.2, 0.25) is 0 Å². The quantitative estimate of drug-likeness (QED) is 0.773. The summed E-state index contributed by atoms with van der Waals surface area (Å²) < 4.78 is 18.2. The Morgan fingerprint density at radius 2 is 2.33 bits per heavy atom. The highest BCUT2D eigenvalue weighted by Crippen LogP contribution is 2.31. The van der Waals surface area contributed by atoms with E-state index in [-0.39, 0.29) is 18.0 Å². The largest absolute Gasteiger partial charge is 0.496 e. The van der Waals surface area contributed by atoms with E-state index in [4.69, 9.17) is 4.74 Å². The topological polar surface area (TPSA) is 41.5 Å². The van der Waals surface area contributed by atoms with Gasteiger partial charge in [-0.15, -0.1) is 0 Å². The molecule has 1 aromatic carbocycles. The van der Waals surface area contributed by atoms with Gasteiger partial charge in [-0.3, -0.25) is 0 Å². The fourth-order valence-corrected chi connectivity index (χ4v) is 1.93. The normalized spacial score (nSPS) is 25.5. The zero-order chi connectivity index (χ0) is 10.8. The molecule has 1 saturated heterocycles. The standard InChI is InChI=1S/C11H14FNO2/c1-15-11-3-2-7(12)4-9(11)10-5-8(14)6-13-10/h2-4,8,10,13-14H,5-6H2,1H3/t8-,10?/m1/s1. The minimum absolute atomic E-state index is 0.0225. The van der Waals surface area contributed by atoms with Gasteiger partial charge in [0.05, 0.1) is 13.2 Å². The Balaban J connectivity index is 2.29. The van der Waals surface area contributed by atoms with Crippen molar-refractivity contribution in [2.24, 2.45) is 0 Å². The molecule has 0 aliphatic carbocycles. The third-order valence-corrected chi connectivity index (χ3v) is 2.67. The maximum absolute atomic E-state index is 13.1. The second-order valence-electron chi connectivity index (χ2n) is 3.74. The molecule has 0 radical (unpaired) electrons. The van der Waals surface area contributed by atoms with Crippen LogP contribution in [0.1, 0.15) is 18.0 Å². The van der Waals surface area contributed by atoms with E-state index in [0.717, 1.165) is 5.56 Å². The molecule has 1 unspecified atom stereocenters. The van der Waals surface area contributed by atoms with Crippen LogP contribution in [-0.4, -0.2) is 24.9 Å². The summed E-state index contributed by atoms with van der Waals surface area (Å²) in [4.78, 5) is 0. The maximum atomic E-state index is 13.1. The summed E-state index contributed by atoms with van der Waals surface area (Å²) in [7, 11) is 1.56. The van der Waals surface area contributed by atoms with Crippen LogP contribution in [0.4, 0.5) is 4.39 Å². The first kappa shape index (κ1) is 10.4. The SMILES string of the molecule is COc1ccc(F)cc1C1C[C@@H](O)CN1. The van der Waals surface area contributed by atoms with E-state index in [0.29, 0.717) is 18.7 Å². The smallest absolute Gasteiger partial charge is 0.123 e. The predicted octanol–water partition coefficient (Wildman–Crippen LogP) is 1.23. The lowest BCUT2D eigenvalue weighted by Gasteiger charge is -2.14. The summed E-state index contributed by atoms with van der Waals surface area (Å²) in [6.07, 6.45) is 0.239. The van der Waals surface area contributed by atoms with Gasteiger partial charge in [0.15, 0.2) is 0 Å². The van der Waals surface area contributed by atoms with Gasteiger partial charge in [0, 0.05) is 18.2 Å². The summed E-state index contributed by atoms with van der Waals surface area (Å²) in [5, 5.41) is 12.5. The van der Waals surface area contributed by atoms with Gasteiger partial charge in [-0.25, -0.2) is 4.39 Å². The van der Waals surface area contributed by atoms with Crippen molar-refractivity contribution in [1.29, 1.82) is 0 Å². The molecule has 1 aliphatic heterocycles. The molecule has 2 atom stereocenters. The molecule has 1 heterocycles. The van der Waals surface area contributed by atoms with E-state index < -0.39 is 0 Å². The van der Waals surface area contributed by atoms with Gasteiger partial charge in [-0.05, 0) is 24.6 Å². The van der Waals surface area contributed by atoms with E-state index in [2.05, 4.69) is 5.32 Å². The monoisotopic (exact) mass is 211 g/mol. The van der Waals surface area contributed by atoms with E-state index in [1.54, 1.807) is 13.2 Å². The zero-order valence-corrected chi connectivity index (χ0v) is 8.53. The molecule has 1 aromatic rings. The van der Waals surface area contributed by atoms with Crippen LogP contribution in [0.5, 0.6) is 5.75 Å². The summed E-state index contributed by atoms with van der Waals surface area (Å²) in [6.45, 7) is 0.546. The van der Waals surface area contributed by atoms with Crippen molar-refractivity contribution < 1.29 is 14.2 Å². The molecule has 3 nitrogen and oxygen atoms in total. The lowest BCUT2D eigenvalue weighted by atomic mass is 10.0. The minimum atomic E-state index is -0.358. The molecule has 4 heteroatoms. The number of aliphatic hydroxyl groups is 1. The first-order valence-corrected chi connectivity index (χ1v) is 4.95. The maximum Gasteiger partial charge on any atom is 0.123 e. The zero-order valence-electron chi connectivity index (χ0n) is 8.53. The van der Waals surface area contributed by atoms with Crippen molar-refractivity contribution >= 4 is 0 Å². The Hall–Kier alpha value is -1.13.